The van der Waals surface area contributed by atoms with Crippen molar-refractivity contribution in [2.75, 3.05) is 11.4 Å². The fourth-order valence-corrected chi connectivity index (χ4v) is 5.14. The molecule has 176 valence electrons. The van der Waals surface area contributed by atoms with Crippen LogP contribution in [-0.2, 0) is 17.8 Å². The molecule has 0 bridgehead atoms. The van der Waals surface area contributed by atoms with Crippen molar-refractivity contribution in [2.45, 2.75) is 19.9 Å². The standard InChI is InChI=1S/C29H25Cl2N3O/c1-18(35)34(17-21-9-11-22(30)16-27(21)31)29-25(13-14-32)26-15-20(10-12-28(26)33-29)24-8-4-6-19-5-2-3-7-23(19)24/h2-12,15-16,33H,13-14,17,32H2,1H3. The molecule has 6 heteroatoms. The fourth-order valence-electron chi connectivity index (χ4n) is 4.67. The molecule has 35 heavy (non-hydrogen) atoms. The van der Waals surface area contributed by atoms with E-state index in [2.05, 4.69) is 65.6 Å². The van der Waals surface area contributed by atoms with Gasteiger partial charge in [0.25, 0.3) is 0 Å². The summed E-state index contributed by atoms with van der Waals surface area (Å²) < 4.78 is 0. The Morgan fingerprint density at radius 1 is 0.943 bits per heavy atom. The highest BCUT2D eigenvalue weighted by atomic mass is 35.5. The minimum atomic E-state index is -0.0879. The van der Waals surface area contributed by atoms with E-state index in [1.807, 2.05) is 6.07 Å². The van der Waals surface area contributed by atoms with Crippen molar-refractivity contribution >= 4 is 56.6 Å². The van der Waals surface area contributed by atoms with Crippen molar-refractivity contribution < 1.29 is 4.79 Å². The average molecular weight is 502 g/mol. The summed E-state index contributed by atoms with van der Waals surface area (Å²) in [4.78, 5) is 18.0. The molecule has 4 aromatic carbocycles. The largest absolute Gasteiger partial charge is 0.341 e. The number of aromatic amines is 1. The van der Waals surface area contributed by atoms with Crippen LogP contribution in [0.4, 0.5) is 5.82 Å². The maximum atomic E-state index is 12.8. The van der Waals surface area contributed by atoms with Crippen LogP contribution in [0, 0.1) is 0 Å². The van der Waals surface area contributed by atoms with E-state index in [1.54, 1.807) is 24.0 Å². The van der Waals surface area contributed by atoms with Crippen LogP contribution in [0.15, 0.2) is 78.9 Å². The summed E-state index contributed by atoms with van der Waals surface area (Å²) in [5, 5.41) is 4.55. The van der Waals surface area contributed by atoms with Gasteiger partial charge in [-0.05, 0) is 64.7 Å². The number of fused-ring (bicyclic) bond motifs is 2. The number of carbonyl (C=O) groups is 1. The second-order valence-electron chi connectivity index (χ2n) is 8.62. The maximum absolute atomic E-state index is 12.8. The maximum Gasteiger partial charge on any atom is 0.225 e. The Kier molecular flexibility index (Phi) is 6.52. The molecular formula is C29H25Cl2N3O. The molecule has 4 nitrogen and oxygen atoms in total. The number of hydrogen-bond acceptors (Lipinski definition) is 2. The third-order valence-corrected chi connectivity index (χ3v) is 6.96. The summed E-state index contributed by atoms with van der Waals surface area (Å²) in [6.45, 7) is 2.35. The molecule has 0 saturated carbocycles. The van der Waals surface area contributed by atoms with E-state index < -0.39 is 0 Å². The number of carbonyl (C=O) groups excluding carboxylic acids is 1. The zero-order valence-electron chi connectivity index (χ0n) is 19.3. The van der Waals surface area contributed by atoms with Crippen LogP contribution in [0.1, 0.15) is 18.1 Å². The van der Waals surface area contributed by atoms with Gasteiger partial charge in [-0.15, -0.1) is 0 Å². The fraction of sp³-hybridized carbons (Fsp3) is 0.138. The van der Waals surface area contributed by atoms with Gasteiger partial charge in [0.2, 0.25) is 5.91 Å². The van der Waals surface area contributed by atoms with E-state index in [0.717, 1.165) is 33.4 Å². The van der Waals surface area contributed by atoms with Gasteiger partial charge in [-0.25, -0.2) is 0 Å². The Labute approximate surface area is 214 Å². The topological polar surface area (TPSA) is 62.1 Å². The predicted molar refractivity (Wildman–Crippen MR) is 147 cm³/mol. The molecule has 0 aliphatic heterocycles. The number of nitrogens with zero attached hydrogens (tertiary/aromatic N) is 1. The third-order valence-electron chi connectivity index (χ3n) is 6.37. The van der Waals surface area contributed by atoms with Gasteiger partial charge in [-0.1, -0.05) is 77.8 Å². The average Bonchev–Trinajstić information content (AvgIpc) is 3.20. The van der Waals surface area contributed by atoms with E-state index in [9.17, 15) is 4.79 Å². The van der Waals surface area contributed by atoms with Gasteiger partial charge < -0.3 is 10.7 Å². The van der Waals surface area contributed by atoms with Crippen LogP contribution in [0.5, 0.6) is 0 Å². The van der Waals surface area contributed by atoms with E-state index in [1.165, 1.54) is 16.3 Å². The smallest absolute Gasteiger partial charge is 0.225 e. The van der Waals surface area contributed by atoms with Gasteiger partial charge in [-0.2, -0.15) is 0 Å². The second-order valence-corrected chi connectivity index (χ2v) is 9.46. The molecule has 0 spiro atoms. The molecule has 0 aliphatic carbocycles. The Hall–Kier alpha value is -3.31. The van der Waals surface area contributed by atoms with Crippen LogP contribution in [0.3, 0.4) is 0 Å². The molecule has 0 saturated heterocycles. The van der Waals surface area contributed by atoms with Gasteiger partial charge in [-0.3, -0.25) is 9.69 Å². The minimum Gasteiger partial charge on any atom is -0.341 e. The van der Waals surface area contributed by atoms with E-state index in [0.29, 0.717) is 29.6 Å². The number of halogens is 2. The minimum absolute atomic E-state index is 0.0879. The van der Waals surface area contributed by atoms with E-state index >= 15 is 0 Å². The Morgan fingerprint density at radius 2 is 1.74 bits per heavy atom. The Morgan fingerprint density at radius 3 is 2.51 bits per heavy atom. The molecule has 0 atom stereocenters. The van der Waals surface area contributed by atoms with Crippen LogP contribution < -0.4 is 10.6 Å². The highest BCUT2D eigenvalue weighted by Crippen LogP contribution is 2.36. The Balaban J connectivity index is 1.64. The highest BCUT2D eigenvalue weighted by molar-refractivity contribution is 6.35. The molecule has 1 aromatic heterocycles. The van der Waals surface area contributed by atoms with Crippen LogP contribution in [0.25, 0.3) is 32.8 Å². The van der Waals surface area contributed by atoms with Crippen molar-refractivity contribution in [1.29, 1.82) is 0 Å². The SMILES string of the molecule is CC(=O)N(Cc1ccc(Cl)cc1Cl)c1[nH]c2ccc(-c3cccc4ccccc34)cc2c1CCN. The first-order chi connectivity index (χ1) is 17.0. The number of anilines is 1. The van der Waals surface area contributed by atoms with Crippen LogP contribution >= 0.6 is 23.2 Å². The van der Waals surface area contributed by atoms with Crippen molar-refractivity contribution in [3.8, 4) is 11.1 Å². The molecule has 3 N–H and O–H groups in total. The molecule has 0 radical (unpaired) electrons. The van der Waals surface area contributed by atoms with Crippen molar-refractivity contribution in [3.63, 3.8) is 0 Å². The number of nitrogens with one attached hydrogen (secondary N) is 1. The van der Waals surface area contributed by atoms with Crippen LogP contribution in [0.2, 0.25) is 10.0 Å². The Bertz CT molecular complexity index is 1550. The van der Waals surface area contributed by atoms with E-state index in [-0.39, 0.29) is 5.91 Å². The lowest BCUT2D eigenvalue weighted by Gasteiger charge is -2.22. The summed E-state index contributed by atoms with van der Waals surface area (Å²) >= 11 is 12.5. The molecule has 0 unspecified atom stereocenters. The number of H-pyrrole nitrogens is 1. The van der Waals surface area contributed by atoms with Gasteiger partial charge in [0.1, 0.15) is 5.82 Å². The quantitative estimate of drug-likeness (QED) is 0.255. The van der Waals surface area contributed by atoms with Gasteiger partial charge in [0, 0.05) is 33.4 Å². The lowest BCUT2D eigenvalue weighted by molar-refractivity contribution is -0.116. The van der Waals surface area contributed by atoms with Gasteiger partial charge in [0.15, 0.2) is 0 Å². The molecular weight excluding hydrogens is 477 g/mol. The number of nitrogens with two attached hydrogens (primary N) is 1. The number of hydrogen-bond donors (Lipinski definition) is 2. The summed E-state index contributed by atoms with van der Waals surface area (Å²) in [6.07, 6.45) is 0.631. The molecule has 1 heterocycles. The molecule has 0 aliphatic rings. The van der Waals surface area contributed by atoms with E-state index in [4.69, 9.17) is 28.9 Å². The molecule has 5 aromatic rings. The first-order valence-electron chi connectivity index (χ1n) is 11.5. The van der Waals surface area contributed by atoms with Crippen molar-refractivity contribution in [3.05, 3.63) is 100 Å². The number of aromatic nitrogens is 1. The number of benzene rings is 4. The second kappa shape index (κ2) is 9.74. The summed E-state index contributed by atoms with van der Waals surface area (Å²) in [7, 11) is 0. The lowest BCUT2D eigenvalue weighted by Crippen LogP contribution is -2.29. The highest BCUT2D eigenvalue weighted by Gasteiger charge is 2.22. The third kappa shape index (κ3) is 4.53. The summed E-state index contributed by atoms with van der Waals surface area (Å²) in [6, 6.07) is 26.4. The van der Waals surface area contributed by atoms with Crippen molar-refractivity contribution in [2.24, 2.45) is 5.73 Å². The summed E-state index contributed by atoms with van der Waals surface area (Å²) in [5.74, 6) is 0.661. The van der Waals surface area contributed by atoms with Crippen molar-refractivity contribution in [1.82, 2.24) is 4.98 Å². The first-order valence-corrected chi connectivity index (χ1v) is 12.3. The summed E-state index contributed by atoms with van der Waals surface area (Å²) in [5.41, 5.74) is 11.1. The number of rotatable bonds is 6. The van der Waals surface area contributed by atoms with Gasteiger partial charge >= 0.3 is 0 Å². The van der Waals surface area contributed by atoms with Crippen LogP contribution in [-0.4, -0.2) is 17.4 Å². The molecule has 1 amide bonds. The monoisotopic (exact) mass is 501 g/mol. The molecule has 0 fully saturated rings. The zero-order valence-corrected chi connectivity index (χ0v) is 20.8. The number of amides is 1. The normalized spacial score (nSPS) is 11.3. The lowest BCUT2D eigenvalue weighted by atomic mass is 9.96. The zero-order chi connectivity index (χ0) is 24.5. The molecule has 5 rings (SSSR count). The predicted octanol–water partition coefficient (Wildman–Crippen LogP) is 7.35. The first kappa shape index (κ1) is 23.4. The van der Waals surface area contributed by atoms with Gasteiger partial charge in [0.05, 0.1) is 6.54 Å².